The highest BCUT2D eigenvalue weighted by Crippen LogP contribution is 2.44. The van der Waals surface area contributed by atoms with Crippen LogP contribution in [-0.2, 0) is 20.6 Å². The van der Waals surface area contributed by atoms with Crippen LogP contribution in [0.3, 0.4) is 0 Å². The van der Waals surface area contributed by atoms with Gasteiger partial charge in [0.15, 0.2) is 17.3 Å². The van der Waals surface area contributed by atoms with Crippen LogP contribution >= 0.6 is 0 Å². The molecule has 0 unspecified atom stereocenters. The van der Waals surface area contributed by atoms with Crippen LogP contribution in [0.25, 0.3) is 11.3 Å². The van der Waals surface area contributed by atoms with E-state index in [4.69, 9.17) is 23.7 Å². The second-order valence-corrected chi connectivity index (χ2v) is 11.5. The Bertz CT molecular complexity index is 1460. The lowest BCUT2D eigenvalue weighted by Crippen LogP contribution is -2.29. The summed E-state index contributed by atoms with van der Waals surface area (Å²) in [6.45, 7) is 3.78. The van der Waals surface area contributed by atoms with Gasteiger partial charge in [-0.3, -0.25) is 9.89 Å². The van der Waals surface area contributed by atoms with Crippen molar-refractivity contribution in [2.24, 2.45) is 5.92 Å². The molecule has 1 fully saturated rings. The summed E-state index contributed by atoms with van der Waals surface area (Å²) in [6.07, 6.45) is 6.34. The number of fused-ring (bicyclic) bond motifs is 3. The largest absolute Gasteiger partial charge is 0.493 e. The molecule has 248 valence electrons. The van der Waals surface area contributed by atoms with Gasteiger partial charge in [0, 0.05) is 55.1 Å². The number of amides is 2. The Morgan fingerprint density at radius 2 is 1.67 bits per heavy atom. The van der Waals surface area contributed by atoms with Crippen molar-refractivity contribution in [2.75, 3.05) is 65.7 Å². The summed E-state index contributed by atoms with van der Waals surface area (Å²) in [6, 6.07) is 11.3. The van der Waals surface area contributed by atoms with Crippen molar-refractivity contribution in [3.8, 4) is 22.8 Å². The molecule has 0 atom stereocenters. The highest BCUT2D eigenvalue weighted by Gasteiger charge is 2.27. The van der Waals surface area contributed by atoms with Gasteiger partial charge in [-0.15, -0.1) is 0 Å². The van der Waals surface area contributed by atoms with Gasteiger partial charge in [0.2, 0.25) is 0 Å². The number of nitrogens with zero attached hydrogens (tertiary/aromatic N) is 1. The lowest BCUT2D eigenvalue weighted by molar-refractivity contribution is 0.0454. The molecule has 2 aliphatic carbocycles. The number of alkyl carbamates (subject to hydrolysis) is 1. The number of hydrogen-bond donors (Lipinski definition) is 4. The van der Waals surface area contributed by atoms with E-state index in [0.717, 1.165) is 46.7 Å². The van der Waals surface area contributed by atoms with Gasteiger partial charge in [-0.2, -0.15) is 5.10 Å². The molecule has 5 rings (SSSR count). The molecule has 4 N–H and O–H groups in total. The van der Waals surface area contributed by atoms with Gasteiger partial charge in [-0.1, -0.05) is 12.5 Å². The fraction of sp³-hybridized carbons (Fsp3) is 0.500. The van der Waals surface area contributed by atoms with Crippen LogP contribution in [0.15, 0.2) is 36.4 Å². The van der Waals surface area contributed by atoms with Crippen LogP contribution < -0.4 is 25.4 Å². The van der Waals surface area contributed by atoms with E-state index in [9.17, 15) is 9.59 Å². The van der Waals surface area contributed by atoms with E-state index < -0.39 is 0 Å². The van der Waals surface area contributed by atoms with Crippen LogP contribution in [0, 0.1) is 5.92 Å². The number of hydrogen-bond acceptors (Lipinski definition) is 9. The van der Waals surface area contributed by atoms with Crippen molar-refractivity contribution in [1.82, 2.24) is 20.8 Å². The van der Waals surface area contributed by atoms with Crippen molar-refractivity contribution in [3.05, 3.63) is 53.1 Å². The molecule has 0 aliphatic heterocycles. The number of carbonyl (C=O) groups is 2. The summed E-state index contributed by atoms with van der Waals surface area (Å²) in [7, 11) is 3.25. The third-order valence-corrected chi connectivity index (χ3v) is 8.28. The molecule has 12 nitrogen and oxygen atoms in total. The number of aromatic nitrogens is 2. The van der Waals surface area contributed by atoms with Gasteiger partial charge in [0.25, 0.3) is 5.91 Å². The molecule has 3 aromatic rings. The maximum absolute atomic E-state index is 12.8. The SMILES string of the molecule is COc1cc2c(cc1OC)-c1[nH]nc(Nc3cccc(C(=O)NCCCOCCOCCCCNC(=O)OCC4CCC4)c3)c1C2. The second-order valence-electron chi connectivity index (χ2n) is 11.5. The Morgan fingerprint density at radius 1 is 0.913 bits per heavy atom. The minimum atomic E-state index is -0.327. The Morgan fingerprint density at radius 3 is 2.43 bits per heavy atom. The average molecular weight is 636 g/mol. The smallest absolute Gasteiger partial charge is 0.407 e. The molecular weight excluding hydrogens is 590 g/mol. The Hall–Kier alpha value is -4.29. The predicted molar refractivity (Wildman–Crippen MR) is 174 cm³/mol. The molecule has 2 aliphatic rings. The molecule has 1 saturated carbocycles. The highest BCUT2D eigenvalue weighted by molar-refractivity contribution is 5.95. The lowest BCUT2D eigenvalue weighted by Gasteiger charge is -2.24. The van der Waals surface area contributed by atoms with Gasteiger partial charge in [-0.05, 0) is 73.9 Å². The Labute approximate surface area is 269 Å². The molecular formula is C34H45N5O7. The van der Waals surface area contributed by atoms with Crippen molar-refractivity contribution in [1.29, 1.82) is 0 Å². The average Bonchev–Trinajstić information content (AvgIpc) is 3.60. The quantitative estimate of drug-likeness (QED) is 0.102. The van der Waals surface area contributed by atoms with Crippen molar-refractivity contribution >= 4 is 23.5 Å². The molecule has 2 amide bonds. The van der Waals surface area contributed by atoms with Crippen LogP contribution in [-0.4, -0.2) is 82.5 Å². The van der Waals surface area contributed by atoms with Crippen molar-refractivity contribution in [3.63, 3.8) is 0 Å². The monoisotopic (exact) mass is 635 g/mol. The fourth-order valence-corrected chi connectivity index (χ4v) is 5.45. The number of benzene rings is 2. The predicted octanol–water partition coefficient (Wildman–Crippen LogP) is 5.20. The number of nitrogens with one attached hydrogen (secondary N) is 4. The molecule has 0 spiro atoms. The first-order chi connectivity index (χ1) is 22.6. The first kappa shape index (κ1) is 33.1. The van der Waals surface area contributed by atoms with E-state index in [2.05, 4.69) is 26.1 Å². The molecule has 0 saturated heterocycles. The first-order valence-corrected chi connectivity index (χ1v) is 16.1. The summed E-state index contributed by atoms with van der Waals surface area (Å²) in [5, 5.41) is 16.7. The number of unbranched alkanes of at least 4 members (excludes halogenated alkanes) is 1. The van der Waals surface area contributed by atoms with Crippen LogP contribution in [0.5, 0.6) is 11.5 Å². The maximum Gasteiger partial charge on any atom is 0.407 e. The summed E-state index contributed by atoms with van der Waals surface area (Å²) in [5.41, 5.74) is 5.50. The van der Waals surface area contributed by atoms with E-state index in [0.29, 0.717) is 81.9 Å². The van der Waals surface area contributed by atoms with E-state index in [1.807, 2.05) is 30.3 Å². The van der Waals surface area contributed by atoms with Crippen LogP contribution in [0.4, 0.5) is 16.3 Å². The number of aromatic amines is 1. The molecule has 46 heavy (non-hydrogen) atoms. The van der Waals surface area contributed by atoms with Crippen LogP contribution in [0.1, 0.15) is 60.0 Å². The minimum absolute atomic E-state index is 0.146. The van der Waals surface area contributed by atoms with Gasteiger partial charge in [-0.25, -0.2) is 4.79 Å². The maximum atomic E-state index is 12.8. The van der Waals surface area contributed by atoms with Gasteiger partial charge in [0.05, 0.1) is 39.7 Å². The summed E-state index contributed by atoms with van der Waals surface area (Å²) in [4.78, 5) is 24.4. The van der Waals surface area contributed by atoms with Gasteiger partial charge < -0.3 is 39.6 Å². The standard InChI is InChI=1S/C34H45N5O7/c1-42-29-20-25-19-28-31(27(25)21-30(29)43-2)38-39-32(28)37-26-11-6-10-24(18-26)33(40)35-13-7-15-45-17-16-44-14-4-3-12-36-34(41)46-22-23-8-5-9-23/h6,10-11,18,20-21,23H,3-5,7-9,12-17,19,22H2,1-2H3,(H,35,40)(H,36,41)(H2,37,38,39). The minimum Gasteiger partial charge on any atom is -0.493 e. The Balaban J connectivity index is 0.926. The van der Waals surface area contributed by atoms with E-state index in [1.165, 1.54) is 19.3 Å². The molecule has 2 aromatic carbocycles. The highest BCUT2D eigenvalue weighted by atomic mass is 16.5. The zero-order chi connectivity index (χ0) is 32.1. The summed E-state index contributed by atoms with van der Waals surface area (Å²) in [5.74, 6) is 2.49. The molecule has 0 radical (unpaired) electrons. The van der Waals surface area contributed by atoms with E-state index in [1.54, 1.807) is 20.3 Å². The number of anilines is 2. The van der Waals surface area contributed by atoms with Crippen molar-refractivity contribution < 1.29 is 33.3 Å². The summed E-state index contributed by atoms with van der Waals surface area (Å²) >= 11 is 0. The van der Waals surface area contributed by atoms with Gasteiger partial charge in [0.1, 0.15) is 0 Å². The molecule has 12 heteroatoms. The number of carbonyl (C=O) groups excluding carboxylic acids is 2. The first-order valence-electron chi connectivity index (χ1n) is 16.1. The van der Waals surface area contributed by atoms with Crippen molar-refractivity contribution in [2.45, 2.75) is 44.9 Å². The zero-order valence-corrected chi connectivity index (χ0v) is 26.7. The van der Waals surface area contributed by atoms with E-state index >= 15 is 0 Å². The third-order valence-electron chi connectivity index (χ3n) is 8.28. The number of rotatable bonds is 19. The topological polar surface area (TPSA) is 145 Å². The van der Waals surface area contributed by atoms with E-state index in [-0.39, 0.29) is 12.0 Å². The number of H-pyrrole nitrogens is 1. The molecule has 0 bridgehead atoms. The zero-order valence-electron chi connectivity index (χ0n) is 26.7. The fourth-order valence-electron chi connectivity index (χ4n) is 5.45. The summed E-state index contributed by atoms with van der Waals surface area (Å²) < 4.78 is 27.3. The Kier molecular flexibility index (Phi) is 12.1. The third kappa shape index (κ3) is 8.91. The normalized spacial score (nSPS) is 13.3. The second kappa shape index (κ2) is 16.9. The lowest BCUT2D eigenvalue weighted by atomic mass is 9.86. The van der Waals surface area contributed by atoms with Crippen LogP contribution in [0.2, 0.25) is 0 Å². The van der Waals surface area contributed by atoms with Gasteiger partial charge >= 0.3 is 6.09 Å². The number of ether oxygens (including phenoxy) is 5. The molecule has 1 heterocycles. The number of methoxy groups -OCH3 is 2. The molecule has 1 aromatic heterocycles.